The lowest BCUT2D eigenvalue weighted by Gasteiger charge is -2.12. The third kappa shape index (κ3) is 6.51. The zero-order valence-electron chi connectivity index (χ0n) is 8.08. The molecule has 13 heavy (non-hydrogen) atoms. The normalized spacial score (nSPS) is 12.8. The first-order valence-corrected chi connectivity index (χ1v) is 4.25. The fourth-order valence-electron chi connectivity index (χ4n) is 0.834. The number of aliphatic carboxylic acids is 1. The number of hydrogen-bond acceptors (Lipinski definition) is 4. The van der Waals surface area contributed by atoms with Gasteiger partial charge in [-0.1, -0.05) is 0 Å². The van der Waals surface area contributed by atoms with Crippen LogP contribution in [0.3, 0.4) is 0 Å². The predicted octanol–water partition coefficient (Wildman–Crippen LogP) is -0.288. The number of ether oxygens (including phenoxy) is 2. The van der Waals surface area contributed by atoms with Crippen molar-refractivity contribution in [2.45, 2.75) is 13.0 Å². The van der Waals surface area contributed by atoms with Gasteiger partial charge in [-0.15, -0.1) is 0 Å². The van der Waals surface area contributed by atoms with Gasteiger partial charge < -0.3 is 19.9 Å². The molecular formula is C8H17NO4. The van der Waals surface area contributed by atoms with E-state index in [1.807, 2.05) is 6.92 Å². The van der Waals surface area contributed by atoms with E-state index in [9.17, 15) is 4.79 Å². The highest BCUT2D eigenvalue weighted by Gasteiger charge is 2.15. The quantitative estimate of drug-likeness (QED) is 0.516. The maximum Gasteiger partial charge on any atom is 0.323 e. The molecule has 0 saturated carbocycles. The Hall–Kier alpha value is -0.650. The number of hydrogen-bond donors (Lipinski definition) is 2. The van der Waals surface area contributed by atoms with Crippen LogP contribution in [0, 0.1) is 0 Å². The summed E-state index contributed by atoms with van der Waals surface area (Å²) in [5.74, 6) is -0.904. The Labute approximate surface area is 78.0 Å². The second-order valence-electron chi connectivity index (χ2n) is 2.50. The van der Waals surface area contributed by atoms with Crippen LogP contribution in [0.2, 0.25) is 0 Å². The Morgan fingerprint density at radius 2 is 2.31 bits per heavy atom. The highest BCUT2D eigenvalue weighted by atomic mass is 16.5. The van der Waals surface area contributed by atoms with Gasteiger partial charge in [0.25, 0.3) is 0 Å². The standard InChI is InChI=1S/C8H17NO4/c1-3-13-5-4-9-7(6-12-2)8(10)11/h7,9H,3-6H2,1-2H3,(H,10,11). The summed E-state index contributed by atoms with van der Waals surface area (Å²) in [5, 5.41) is 11.5. The van der Waals surface area contributed by atoms with Crippen molar-refractivity contribution in [1.82, 2.24) is 5.32 Å². The monoisotopic (exact) mass is 191 g/mol. The summed E-state index contributed by atoms with van der Waals surface area (Å²) in [6.45, 7) is 3.74. The number of nitrogens with one attached hydrogen (secondary N) is 1. The highest BCUT2D eigenvalue weighted by Crippen LogP contribution is 1.85. The lowest BCUT2D eigenvalue weighted by molar-refractivity contribution is -0.140. The molecule has 1 atom stereocenters. The smallest absolute Gasteiger partial charge is 0.323 e. The van der Waals surface area contributed by atoms with E-state index in [1.54, 1.807) is 0 Å². The average molecular weight is 191 g/mol. The molecule has 0 spiro atoms. The number of carboxylic acids is 1. The Morgan fingerprint density at radius 1 is 1.62 bits per heavy atom. The Morgan fingerprint density at radius 3 is 2.77 bits per heavy atom. The zero-order chi connectivity index (χ0) is 10.1. The minimum atomic E-state index is -0.904. The molecular weight excluding hydrogens is 174 g/mol. The number of methoxy groups -OCH3 is 1. The van der Waals surface area contributed by atoms with Gasteiger partial charge in [-0.3, -0.25) is 4.79 Å². The summed E-state index contributed by atoms with van der Waals surface area (Å²) >= 11 is 0. The van der Waals surface area contributed by atoms with Gasteiger partial charge in [-0.2, -0.15) is 0 Å². The second kappa shape index (κ2) is 7.97. The van der Waals surface area contributed by atoms with Gasteiger partial charge in [0.05, 0.1) is 13.2 Å². The topological polar surface area (TPSA) is 67.8 Å². The van der Waals surface area contributed by atoms with E-state index in [-0.39, 0.29) is 6.61 Å². The van der Waals surface area contributed by atoms with Crippen LogP contribution in [-0.2, 0) is 14.3 Å². The second-order valence-corrected chi connectivity index (χ2v) is 2.50. The largest absolute Gasteiger partial charge is 0.480 e. The van der Waals surface area contributed by atoms with Crippen LogP contribution in [-0.4, -0.2) is 50.6 Å². The summed E-state index contributed by atoms with van der Waals surface area (Å²) in [7, 11) is 1.47. The molecule has 5 heteroatoms. The molecule has 0 radical (unpaired) electrons. The molecule has 0 amide bonds. The molecule has 1 unspecified atom stereocenters. The summed E-state index contributed by atoms with van der Waals surface area (Å²) in [6.07, 6.45) is 0. The molecule has 0 saturated heterocycles. The van der Waals surface area contributed by atoms with E-state index in [0.717, 1.165) is 0 Å². The number of carboxylic acid groups (broad SMARTS) is 1. The molecule has 0 aliphatic rings. The third-order valence-electron chi connectivity index (χ3n) is 1.47. The molecule has 0 aromatic heterocycles. The lowest BCUT2D eigenvalue weighted by Crippen LogP contribution is -2.41. The van der Waals surface area contributed by atoms with Gasteiger partial charge in [0.1, 0.15) is 6.04 Å². The Kier molecular flexibility index (Phi) is 7.57. The first kappa shape index (κ1) is 12.3. The molecule has 0 fully saturated rings. The van der Waals surface area contributed by atoms with E-state index in [0.29, 0.717) is 19.8 Å². The van der Waals surface area contributed by atoms with Crippen molar-refractivity contribution in [2.24, 2.45) is 0 Å². The minimum Gasteiger partial charge on any atom is -0.480 e. The molecule has 0 aromatic rings. The van der Waals surface area contributed by atoms with Crippen molar-refractivity contribution in [3.63, 3.8) is 0 Å². The third-order valence-corrected chi connectivity index (χ3v) is 1.47. The molecule has 0 heterocycles. The summed E-state index contributed by atoms with van der Waals surface area (Å²) in [4.78, 5) is 10.6. The molecule has 5 nitrogen and oxygen atoms in total. The molecule has 0 aliphatic carbocycles. The molecule has 0 aromatic carbocycles. The first-order valence-electron chi connectivity index (χ1n) is 4.25. The highest BCUT2D eigenvalue weighted by molar-refractivity contribution is 5.73. The predicted molar refractivity (Wildman–Crippen MR) is 47.8 cm³/mol. The van der Waals surface area contributed by atoms with E-state index in [2.05, 4.69) is 5.32 Å². The molecule has 0 rings (SSSR count). The maximum absolute atomic E-state index is 10.6. The van der Waals surface area contributed by atoms with Gasteiger partial charge in [0.2, 0.25) is 0 Å². The van der Waals surface area contributed by atoms with Crippen LogP contribution in [0.15, 0.2) is 0 Å². The minimum absolute atomic E-state index is 0.168. The maximum atomic E-state index is 10.6. The van der Waals surface area contributed by atoms with Crippen molar-refractivity contribution in [3.05, 3.63) is 0 Å². The summed E-state index contributed by atoms with van der Waals surface area (Å²) in [5.41, 5.74) is 0. The van der Waals surface area contributed by atoms with Gasteiger partial charge in [-0.05, 0) is 6.92 Å². The van der Waals surface area contributed by atoms with Crippen molar-refractivity contribution >= 4 is 5.97 Å². The van der Waals surface area contributed by atoms with E-state index < -0.39 is 12.0 Å². The van der Waals surface area contributed by atoms with Gasteiger partial charge >= 0.3 is 5.97 Å². The lowest BCUT2D eigenvalue weighted by atomic mass is 10.3. The molecule has 2 N–H and O–H groups in total. The SMILES string of the molecule is CCOCCNC(COC)C(=O)O. The van der Waals surface area contributed by atoms with Crippen molar-refractivity contribution in [3.8, 4) is 0 Å². The molecule has 0 bridgehead atoms. The van der Waals surface area contributed by atoms with Crippen LogP contribution < -0.4 is 5.32 Å². The van der Waals surface area contributed by atoms with Gasteiger partial charge in [-0.25, -0.2) is 0 Å². The Bertz CT molecular complexity index is 140. The van der Waals surface area contributed by atoms with Crippen LogP contribution in [0.1, 0.15) is 6.92 Å². The van der Waals surface area contributed by atoms with Crippen LogP contribution in [0.4, 0.5) is 0 Å². The summed E-state index contributed by atoms with van der Waals surface area (Å²) < 4.78 is 9.78. The van der Waals surface area contributed by atoms with Gasteiger partial charge in [0.15, 0.2) is 0 Å². The van der Waals surface area contributed by atoms with E-state index in [1.165, 1.54) is 7.11 Å². The van der Waals surface area contributed by atoms with E-state index in [4.69, 9.17) is 14.6 Å². The summed E-state index contributed by atoms with van der Waals surface area (Å²) in [6, 6.07) is -0.648. The fraction of sp³-hybridized carbons (Fsp3) is 0.875. The number of rotatable bonds is 8. The molecule has 0 aliphatic heterocycles. The van der Waals surface area contributed by atoms with Crippen molar-refractivity contribution in [2.75, 3.05) is 33.5 Å². The average Bonchev–Trinajstić information content (AvgIpc) is 2.10. The Balaban J connectivity index is 3.51. The molecule has 78 valence electrons. The van der Waals surface area contributed by atoms with Crippen LogP contribution in [0.25, 0.3) is 0 Å². The van der Waals surface area contributed by atoms with Crippen LogP contribution in [0.5, 0.6) is 0 Å². The van der Waals surface area contributed by atoms with E-state index >= 15 is 0 Å². The van der Waals surface area contributed by atoms with Crippen molar-refractivity contribution < 1.29 is 19.4 Å². The first-order chi connectivity index (χ1) is 6.22. The number of carbonyl (C=O) groups is 1. The van der Waals surface area contributed by atoms with Crippen molar-refractivity contribution in [1.29, 1.82) is 0 Å². The van der Waals surface area contributed by atoms with Crippen LogP contribution >= 0.6 is 0 Å². The zero-order valence-corrected chi connectivity index (χ0v) is 8.08. The fourth-order valence-corrected chi connectivity index (χ4v) is 0.834. The van der Waals surface area contributed by atoms with Gasteiger partial charge in [0, 0.05) is 20.3 Å².